The van der Waals surface area contributed by atoms with Crippen LogP contribution in [0.4, 0.5) is 23.1 Å². The van der Waals surface area contributed by atoms with Gasteiger partial charge in [0.1, 0.15) is 5.82 Å². The fraction of sp³-hybridized carbons (Fsp3) is 0.179. The van der Waals surface area contributed by atoms with E-state index in [4.69, 9.17) is 5.14 Å². The topological polar surface area (TPSA) is 174 Å². The summed E-state index contributed by atoms with van der Waals surface area (Å²) in [5, 5.41) is 10.6. The lowest BCUT2D eigenvalue weighted by molar-refractivity contribution is 0.108. The second-order valence-corrected chi connectivity index (χ2v) is 14.1. The highest BCUT2D eigenvalue weighted by Crippen LogP contribution is 2.34. The van der Waals surface area contributed by atoms with E-state index in [2.05, 4.69) is 20.1 Å². The van der Waals surface area contributed by atoms with Gasteiger partial charge in [-0.15, -0.1) is 0 Å². The molecule has 13 nitrogen and oxygen atoms in total. The molecule has 44 heavy (non-hydrogen) atoms. The quantitative estimate of drug-likeness (QED) is 0.231. The second kappa shape index (κ2) is 11.7. The van der Waals surface area contributed by atoms with E-state index in [1.165, 1.54) is 36.7 Å². The van der Waals surface area contributed by atoms with E-state index >= 15 is 0 Å². The number of anilines is 4. The third-order valence-electron chi connectivity index (χ3n) is 7.10. The van der Waals surface area contributed by atoms with Gasteiger partial charge in [0.15, 0.2) is 10.6 Å². The van der Waals surface area contributed by atoms with Gasteiger partial charge >= 0.3 is 0 Å². The summed E-state index contributed by atoms with van der Waals surface area (Å²) in [6.45, 7) is 5.23. The van der Waals surface area contributed by atoms with Crippen LogP contribution in [0.15, 0.2) is 76.9 Å². The monoisotopic (exact) mass is 652 g/mol. The molecule has 5 rings (SSSR count). The summed E-state index contributed by atoms with van der Waals surface area (Å²) in [5.74, 6) is 0.0733. The average molecular weight is 653 g/mol. The molecule has 1 unspecified atom stereocenters. The summed E-state index contributed by atoms with van der Waals surface area (Å²) < 4.78 is 55.6. The summed E-state index contributed by atoms with van der Waals surface area (Å²) in [6, 6.07) is 13.9. The number of hydrogen-bond acceptors (Lipinski definition) is 10. The smallest absolute Gasteiger partial charge is 0.288 e. The molecule has 5 aromatic rings. The van der Waals surface area contributed by atoms with Gasteiger partial charge in [-0.25, -0.2) is 23.5 Å². The lowest BCUT2D eigenvalue weighted by Gasteiger charge is -2.25. The Morgan fingerprint density at radius 3 is 2.34 bits per heavy atom. The van der Waals surface area contributed by atoms with Crippen molar-refractivity contribution in [1.29, 1.82) is 0 Å². The molecule has 0 aliphatic carbocycles. The number of hydrogen-bond donors (Lipinski definition) is 1. The molecule has 0 bridgehead atoms. The van der Waals surface area contributed by atoms with Crippen LogP contribution in [0.2, 0.25) is 0 Å². The maximum atomic E-state index is 14.2. The van der Waals surface area contributed by atoms with Gasteiger partial charge in [0, 0.05) is 48.8 Å². The average Bonchev–Trinajstić information content (AvgIpc) is 3.28. The standard InChI is InChI=1S/C28H29N8O5PS2/c1-17-6-8-21(15-24(17)43(29,38)39)36(44(40,41)26-11-7-19(16-31-26)27(37)42-5)28-30-13-12-25(32-28)34(3)20-9-10-22-18(2)35(4)33-23(22)14-20/h6-16,42H,1-5H3,(H2,29,38,39). The molecule has 0 radical (unpaired) electrons. The first kappa shape index (κ1) is 31.1. The number of pyridine rings is 1. The zero-order chi connectivity index (χ0) is 32.0. The zero-order valence-corrected chi connectivity index (χ0v) is 27.0. The van der Waals surface area contributed by atoms with Crippen LogP contribution in [0.3, 0.4) is 0 Å². The van der Waals surface area contributed by atoms with Gasteiger partial charge in [-0.3, -0.25) is 9.48 Å². The maximum absolute atomic E-state index is 14.2. The van der Waals surface area contributed by atoms with E-state index in [0.29, 0.717) is 11.4 Å². The van der Waals surface area contributed by atoms with Crippen molar-refractivity contribution in [3.63, 3.8) is 0 Å². The highest BCUT2D eigenvalue weighted by atomic mass is 32.2. The van der Waals surface area contributed by atoms with Crippen molar-refractivity contribution >= 4 is 68.2 Å². The molecular formula is C28H29N8O5PS2. The SMILES string of the molecule is CPC(=O)c1ccc(S(=O)(=O)N(c2ccc(C)c(S(N)(=O)=O)c2)c2nccc(N(C)c3ccc4c(C)n(C)nc4c3)n2)nc1. The molecule has 2 aromatic carbocycles. The van der Waals surface area contributed by atoms with Gasteiger partial charge in [0.2, 0.25) is 16.0 Å². The number of carbonyl (C=O) groups excluding carboxylic acids is 1. The number of carbonyl (C=O) groups is 1. The van der Waals surface area contributed by atoms with Gasteiger partial charge in [-0.1, -0.05) is 6.07 Å². The lowest BCUT2D eigenvalue weighted by atomic mass is 10.2. The van der Waals surface area contributed by atoms with Crippen LogP contribution in [0.1, 0.15) is 21.6 Å². The molecule has 0 amide bonds. The van der Waals surface area contributed by atoms with E-state index in [1.54, 1.807) is 36.3 Å². The lowest BCUT2D eigenvalue weighted by Crippen LogP contribution is -2.29. The number of fused-ring (bicyclic) bond motifs is 1. The third kappa shape index (κ3) is 5.78. The van der Waals surface area contributed by atoms with Gasteiger partial charge in [0.25, 0.3) is 10.0 Å². The first-order valence-electron chi connectivity index (χ1n) is 13.1. The summed E-state index contributed by atoms with van der Waals surface area (Å²) >= 11 is 0. The van der Waals surface area contributed by atoms with E-state index in [-0.39, 0.29) is 36.2 Å². The van der Waals surface area contributed by atoms with Crippen LogP contribution >= 0.6 is 8.58 Å². The number of sulfonamides is 2. The first-order chi connectivity index (χ1) is 20.7. The molecule has 16 heteroatoms. The molecule has 3 heterocycles. The highest BCUT2D eigenvalue weighted by molar-refractivity contribution is 7.93. The number of aryl methyl sites for hydroxylation is 3. The Bertz CT molecular complexity index is 2140. The molecule has 3 aromatic heterocycles. The van der Waals surface area contributed by atoms with Crippen LogP contribution in [0.5, 0.6) is 0 Å². The molecule has 0 saturated carbocycles. The van der Waals surface area contributed by atoms with E-state index in [0.717, 1.165) is 32.7 Å². The van der Waals surface area contributed by atoms with E-state index in [9.17, 15) is 21.6 Å². The van der Waals surface area contributed by atoms with Crippen molar-refractivity contribution in [1.82, 2.24) is 24.7 Å². The number of rotatable bonds is 9. The molecule has 2 N–H and O–H groups in total. The number of nitrogens with two attached hydrogens (primary N) is 1. The molecule has 0 fully saturated rings. The number of aromatic nitrogens is 5. The van der Waals surface area contributed by atoms with Crippen molar-refractivity contribution < 1.29 is 21.6 Å². The number of benzene rings is 2. The predicted octanol–water partition coefficient (Wildman–Crippen LogP) is 3.77. The molecule has 1 atom stereocenters. The van der Waals surface area contributed by atoms with Crippen LogP contribution in [0.25, 0.3) is 10.9 Å². The molecule has 0 saturated heterocycles. The van der Waals surface area contributed by atoms with Crippen molar-refractivity contribution in [2.45, 2.75) is 23.8 Å². The van der Waals surface area contributed by atoms with Crippen molar-refractivity contribution in [3.05, 3.63) is 83.8 Å². The molecule has 0 spiro atoms. The van der Waals surface area contributed by atoms with Crippen LogP contribution in [-0.2, 0) is 27.1 Å². The fourth-order valence-corrected chi connectivity index (χ4v) is 7.12. The Labute approximate surface area is 256 Å². The molecule has 0 aliphatic rings. The normalized spacial score (nSPS) is 12.2. The van der Waals surface area contributed by atoms with Gasteiger partial charge in [-0.05, 0) is 83.2 Å². The van der Waals surface area contributed by atoms with E-state index < -0.39 is 25.1 Å². The highest BCUT2D eigenvalue weighted by Gasteiger charge is 2.32. The molecular weight excluding hydrogens is 623 g/mol. The summed E-state index contributed by atoms with van der Waals surface area (Å²) in [4.78, 5) is 26.5. The van der Waals surface area contributed by atoms with Crippen molar-refractivity contribution in [3.8, 4) is 0 Å². The predicted molar refractivity (Wildman–Crippen MR) is 170 cm³/mol. The van der Waals surface area contributed by atoms with Gasteiger partial charge < -0.3 is 4.90 Å². The Morgan fingerprint density at radius 1 is 0.955 bits per heavy atom. The largest absolute Gasteiger partial charge is 0.329 e. The van der Waals surface area contributed by atoms with Crippen LogP contribution in [-0.4, -0.2) is 60.8 Å². The Balaban J connectivity index is 1.65. The molecule has 228 valence electrons. The Hall–Kier alpha value is -4.30. The minimum absolute atomic E-state index is 0.0242. The Morgan fingerprint density at radius 2 is 1.68 bits per heavy atom. The summed E-state index contributed by atoms with van der Waals surface area (Å²) in [6.07, 6.45) is 2.58. The minimum atomic E-state index is -4.55. The second-order valence-electron chi connectivity index (χ2n) is 9.91. The number of primary sulfonamides is 1. The fourth-order valence-electron chi connectivity index (χ4n) is 4.57. The van der Waals surface area contributed by atoms with Crippen molar-refractivity contribution in [2.75, 3.05) is 22.9 Å². The van der Waals surface area contributed by atoms with E-state index in [1.807, 2.05) is 32.2 Å². The van der Waals surface area contributed by atoms with Gasteiger partial charge in [0.05, 0.1) is 16.1 Å². The zero-order valence-electron chi connectivity index (χ0n) is 24.4. The maximum Gasteiger partial charge on any atom is 0.288 e. The van der Waals surface area contributed by atoms with Crippen molar-refractivity contribution in [2.24, 2.45) is 12.2 Å². The number of nitrogens with zero attached hydrogens (tertiary/aromatic N) is 7. The molecule has 0 aliphatic heterocycles. The summed E-state index contributed by atoms with van der Waals surface area (Å²) in [7, 11) is -5.15. The Kier molecular flexibility index (Phi) is 8.25. The van der Waals surface area contributed by atoms with Gasteiger partial charge in [-0.2, -0.15) is 22.8 Å². The summed E-state index contributed by atoms with van der Waals surface area (Å²) in [5.41, 5.74) is 2.86. The van der Waals surface area contributed by atoms with Crippen LogP contribution in [0, 0.1) is 13.8 Å². The minimum Gasteiger partial charge on any atom is -0.329 e. The van der Waals surface area contributed by atoms with Crippen LogP contribution < -0.4 is 14.3 Å². The first-order valence-corrected chi connectivity index (χ1v) is 17.6. The third-order valence-corrected chi connectivity index (χ3v) is 10.5.